The molecule has 7 heteroatoms. The van der Waals surface area contributed by atoms with E-state index in [0.717, 1.165) is 37.4 Å². The van der Waals surface area contributed by atoms with E-state index in [1.54, 1.807) is 0 Å². The molecule has 2 N–H and O–H groups in total. The third-order valence-electron chi connectivity index (χ3n) is 5.01. The third kappa shape index (κ3) is 4.68. The molecule has 142 valence electrons. The van der Waals surface area contributed by atoms with Crippen LogP contribution in [-0.4, -0.2) is 54.6 Å². The summed E-state index contributed by atoms with van der Waals surface area (Å²) in [6, 6.07) is 9.81. The Kier molecular flexibility index (Phi) is 6.13. The van der Waals surface area contributed by atoms with Gasteiger partial charge in [-0.1, -0.05) is 36.4 Å². The SMILES string of the molecule is C=CCN1C(=O)NC(=O)[C@H](C=NC2CC[NH+](Cc3ccccc3)CC2)C1=O. The highest BCUT2D eigenvalue weighted by atomic mass is 16.2. The number of likely N-dealkylation sites (tertiary alicyclic amines) is 1. The normalized spacial score (nSPS) is 26.3. The molecule has 0 radical (unpaired) electrons. The Morgan fingerprint density at radius 1 is 1.19 bits per heavy atom. The van der Waals surface area contributed by atoms with Gasteiger partial charge >= 0.3 is 6.03 Å². The number of amides is 4. The third-order valence-corrected chi connectivity index (χ3v) is 5.01. The zero-order chi connectivity index (χ0) is 19.2. The monoisotopic (exact) mass is 369 g/mol. The summed E-state index contributed by atoms with van der Waals surface area (Å²) in [7, 11) is 0. The molecular weight excluding hydrogens is 344 g/mol. The number of carbonyl (C=O) groups excluding carboxylic acids is 3. The quantitative estimate of drug-likeness (QED) is 0.426. The van der Waals surface area contributed by atoms with Crippen molar-refractivity contribution in [1.29, 1.82) is 0 Å². The number of barbiturate groups is 1. The average molecular weight is 369 g/mol. The summed E-state index contributed by atoms with van der Waals surface area (Å²) in [6.07, 6.45) is 4.69. The van der Waals surface area contributed by atoms with Crippen molar-refractivity contribution < 1.29 is 19.3 Å². The molecule has 2 heterocycles. The Morgan fingerprint density at radius 2 is 1.89 bits per heavy atom. The molecule has 1 aromatic rings. The van der Waals surface area contributed by atoms with Crippen molar-refractivity contribution in [2.45, 2.75) is 25.4 Å². The van der Waals surface area contributed by atoms with Gasteiger partial charge in [-0.15, -0.1) is 6.58 Å². The first kappa shape index (κ1) is 19.0. The van der Waals surface area contributed by atoms with Crippen molar-refractivity contribution in [2.75, 3.05) is 19.6 Å². The van der Waals surface area contributed by atoms with Crippen LogP contribution in [0.3, 0.4) is 0 Å². The first-order valence-electron chi connectivity index (χ1n) is 9.26. The second kappa shape index (κ2) is 8.73. The van der Waals surface area contributed by atoms with E-state index in [1.807, 2.05) is 6.07 Å². The number of benzene rings is 1. The van der Waals surface area contributed by atoms with Gasteiger partial charge in [0.25, 0.3) is 0 Å². The molecule has 0 bridgehead atoms. The summed E-state index contributed by atoms with van der Waals surface area (Å²) in [5.74, 6) is -2.20. The van der Waals surface area contributed by atoms with Gasteiger partial charge < -0.3 is 4.90 Å². The molecule has 2 aliphatic rings. The van der Waals surface area contributed by atoms with Gasteiger partial charge in [0.2, 0.25) is 11.8 Å². The molecular formula is C20H25N4O3+. The molecule has 2 aliphatic heterocycles. The van der Waals surface area contributed by atoms with Crippen molar-refractivity contribution in [1.82, 2.24) is 10.2 Å². The van der Waals surface area contributed by atoms with Gasteiger partial charge in [0.05, 0.1) is 19.1 Å². The maximum atomic E-state index is 12.4. The average Bonchev–Trinajstić information content (AvgIpc) is 2.67. The van der Waals surface area contributed by atoms with Crippen LogP contribution in [0.1, 0.15) is 18.4 Å². The van der Waals surface area contributed by atoms with Crippen LogP contribution in [0.2, 0.25) is 0 Å². The fourth-order valence-corrected chi connectivity index (χ4v) is 3.49. The predicted octanol–water partition coefficient (Wildman–Crippen LogP) is 0.185. The number of nitrogens with zero attached hydrogens (tertiary/aromatic N) is 2. The molecule has 0 spiro atoms. The second-order valence-corrected chi connectivity index (χ2v) is 6.95. The standard InChI is InChI=1S/C20H24N4O3/c1-2-10-24-19(26)17(18(25)22-20(24)27)13-21-16-8-11-23(12-9-16)14-15-6-4-3-5-7-15/h2-7,13,16-17H,1,8-12,14H2,(H,22,25,27)/p+1/t17-/m0/s1. The van der Waals surface area contributed by atoms with Crippen molar-refractivity contribution in [3.8, 4) is 0 Å². The minimum absolute atomic E-state index is 0.0729. The first-order valence-corrected chi connectivity index (χ1v) is 9.26. The summed E-state index contributed by atoms with van der Waals surface area (Å²) < 4.78 is 0. The smallest absolute Gasteiger partial charge is 0.331 e. The minimum atomic E-state index is -1.04. The molecule has 3 rings (SSSR count). The maximum absolute atomic E-state index is 12.4. The van der Waals surface area contributed by atoms with E-state index in [0.29, 0.717) is 0 Å². The molecule has 4 amide bonds. The number of nitrogens with one attached hydrogen (secondary N) is 2. The van der Waals surface area contributed by atoms with Crippen LogP contribution in [0.15, 0.2) is 48.0 Å². The summed E-state index contributed by atoms with van der Waals surface area (Å²) in [4.78, 5) is 43.1. The summed E-state index contributed by atoms with van der Waals surface area (Å²) in [6.45, 7) is 6.61. The maximum Gasteiger partial charge on any atom is 0.331 e. The van der Waals surface area contributed by atoms with Gasteiger partial charge in [-0.2, -0.15) is 0 Å². The van der Waals surface area contributed by atoms with Crippen LogP contribution < -0.4 is 10.2 Å². The van der Waals surface area contributed by atoms with Crippen LogP contribution in [0.5, 0.6) is 0 Å². The molecule has 2 fully saturated rings. The fraction of sp³-hybridized carbons (Fsp3) is 0.400. The molecule has 1 atom stereocenters. The summed E-state index contributed by atoms with van der Waals surface area (Å²) in [5, 5.41) is 2.20. The molecule has 27 heavy (non-hydrogen) atoms. The van der Waals surface area contributed by atoms with Crippen molar-refractivity contribution in [2.24, 2.45) is 10.9 Å². The number of imide groups is 2. The van der Waals surface area contributed by atoms with Crippen LogP contribution in [0.4, 0.5) is 4.79 Å². The molecule has 2 saturated heterocycles. The number of quaternary nitrogens is 1. The predicted molar refractivity (Wildman–Crippen MR) is 101 cm³/mol. The highest BCUT2D eigenvalue weighted by Crippen LogP contribution is 2.11. The van der Waals surface area contributed by atoms with Crippen LogP contribution in [-0.2, 0) is 16.1 Å². The molecule has 0 saturated carbocycles. The van der Waals surface area contributed by atoms with E-state index in [2.05, 4.69) is 41.2 Å². The Labute approximate surface area is 158 Å². The highest BCUT2D eigenvalue weighted by molar-refractivity contribution is 6.23. The van der Waals surface area contributed by atoms with Crippen LogP contribution >= 0.6 is 0 Å². The van der Waals surface area contributed by atoms with Gasteiger partial charge in [-0.25, -0.2) is 4.79 Å². The topological polar surface area (TPSA) is 83.3 Å². The van der Waals surface area contributed by atoms with Crippen molar-refractivity contribution >= 4 is 24.1 Å². The Hall–Kier alpha value is -2.80. The molecule has 1 aromatic carbocycles. The lowest BCUT2D eigenvalue weighted by atomic mass is 10.0. The second-order valence-electron chi connectivity index (χ2n) is 6.95. The van der Waals surface area contributed by atoms with E-state index in [9.17, 15) is 14.4 Å². The van der Waals surface area contributed by atoms with Gasteiger partial charge in [-0.05, 0) is 0 Å². The van der Waals surface area contributed by atoms with Crippen molar-refractivity contribution in [3.05, 3.63) is 48.6 Å². The van der Waals surface area contributed by atoms with Gasteiger partial charge in [0.15, 0.2) is 5.92 Å². The molecule has 7 nitrogen and oxygen atoms in total. The fourth-order valence-electron chi connectivity index (χ4n) is 3.49. The van der Waals surface area contributed by atoms with E-state index in [1.165, 1.54) is 22.8 Å². The van der Waals surface area contributed by atoms with Gasteiger partial charge in [-0.3, -0.25) is 24.8 Å². The summed E-state index contributed by atoms with van der Waals surface area (Å²) >= 11 is 0. The number of urea groups is 1. The Bertz CT molecular complexity index is 739. The van der Waals surface area contributed by atoms with E-state index in [-0.39, 0.29) is 12.6 Å². The molecule has 0 unspecified atom stereocenters. The number of hydrogen-bond acceptors (Lipinski definition) is 4. The Balaban J connectivity index is 1.54. The largest absolute Gasteiger partial charge is 0.331 e. The lowest BCUT2D eigenvalue weighted by Gasteiger charge is -2.29. The zero-order valence-corrected chi connectivity index (χ0v) is 15.3. The van der Waals surface area contributed by atoms with Gasteiger partial charge in [0, 0.05) is 31.2 Å². The lowest BCUT2D eigenvalue weighted by molar-refractivity contribution is -0.918. The van der Waals surface area contributed by atoms with Crippen LogP contribution in [0.25, 0.3) is 0 Å². The minimum Gasteiger partial charge on any atom is -0.331 e. The van der Waals surface area contributed by atoms with Crippen molar-refractivity contribution in [3.63, 3.8) is 0 Å². The number of piperidine rings is 1. The highest BCUT2D eigenvalue weighted by Gasteiger charge is 2.39. The number of hydrogen-bond donors (Lipinski definition) is 2. The number of rotatable bonds is 6. The lowest BCUT2D eigenvalue weighted by Crippen LogP contribution is -3.12. The summed E-state index contributed by atoms with van der Waals surface area (Å²) in [5.41, 5.74) is 1.32. The molecule has 0 aliphatic carbocycles. The van der Waals surface area contributed by atoms with Crippen LogP contribution in [0, 0.1) is 5.92 Å². The van der Waals surface area contributed by atoms with Gasteiger partial charge in [0.1, 0.15) is 6.54 Å². The van der Waals surface area contributed by atoms with E-state index < -0.39 is 23.8 Å². The number of carbonyl (C=O) groups is 3. The van der Waals surface area contributed by atoms with E-state index in [4.69, 9.17) is 0 Å². The van der Waals surface area contributed by atoms with E-state index >= 15 is 0 Å². The first-order chi connectivity index (χ1) is 13.1. The molecule has 0 aromatic heterocycles. The zero-order valence-electron chi connectivity index (χ0n) is 15.3. The Morgan fingerprint density at radius 3 is 2.56 bits per heavy atom. The number of aliphatic imine (C=N–C) groups is 1.